The van der Waals surface area contributed by atoms with Gasteiger partial charge >= 0.3 is 12.6 Å². The topological polar surface area (TPSA) is 75.6 Å². The average Bonchev–Trinajstić information content (AvgIpc) is 2.38. The largest absolute Gasteiger partial charge is 0.481 e. The number of aliphatic carboxylic acids is 1. The van der Waals surface area contributed by atoms with Gasteiger partial charge in [-0.1, -0.05) is 12.1 Å². The molecule has 0 bridgehead atoms. The van der Waals surface area contributed by atoms with Gasteiger partial charge in [0.25, 0.3) is 0 Å². The lowest BCUT2D eigenvalue weighted by Crippen LogP contribution is -2.25. The molecule has 0 aromatic heterocycles. The van der Waals surface area contributed by atoms with Crippen molar-refractivity contribution in [3.63, 3.8) is 0 Å². The second-order valence-corrected chi connectivity index (χ2v) is 4.02. The van der Waals surface area contributed by atoms with Crippen molar-refractivity contribution in [1.82, 2.24) is 5.32 Å². The first-order chi connectivity index (χ1) is 9.47. The highest BCUT2D eigenvalue weighted by Gasteiger charge is 2.05. The minimum atomic E-state index is -2.85. The fourth-order valence-electron chi connectivity index (χ4n) is 1.49. The summed E-state index contributed by atoms with van der Waals surface area (Å²) in [6.45, 7) is -2.50. The number of benzene rings is 1. The third-order valence-corrected chi connectivity index (χ3v) is 2.45. The van der Waals surface area contributed by atoms with Crippen LogP contribution in [0.4, 0.5) is 8.78 Å². The summed E-state index contributed by atoms with van der Waals surface area (Å²) in [5.74, 6) is -1.27. The zero-order valence-corrected chi connectivity index (χ0v) is 10.6. The van der Waals surface area contributed by atoms with Crippen LogP contribution in [0.1, 0.15) is 18.4 Å². The van der Waals surface area contributed by atoms with E-state index in [0.29, 0.717) is 13.0 Å². The van der Waals surface area contributed by atoms with E-state index in [9.17, 15) is 18.4 Å². The Morgan fingerprint density at radius 1 is 1.20 bits per heavy atom. The van der Waals surface area contributed by atoms with E-state index in [1.807, 2.05) is 0 Å². The number of halogens is 2. The minimum absolute atomic E-state index is 0.0590. The van der Waals surface area contributed by atoms with Crippen molar-refractivity contribution in [3.8, 4) is 5.75 Å². The molecular weight excluding hydrogens is 272 g/mol. The Morgan fingerprint density at radius 2 is 1.85 bits per heavy atom. The highest BCUT2D eigenvalue weighted by Crippen LogP contribution is 2.14. The zero-order chi connectivity index (χ0) is 15.0. The number of alkyl halides is 2. The number of nitrogens with one attached hydrogen (secondary N) is 1. The van der Waals surface area contributed by atoms with E-state index in [1.165, 1.54) is 12.1 Å². The maximum atomic E-state index is 11.9. The van der Waals surface area contributed by atoms with Crippen LogP contribution in [0.5, 0.6) is 5.75 Å². The standard InChI is InChI=1S/C13H15F2NO4/c14-13(15)20-10-3-1-9(2-4-10)7-8-16-11(17)5-6-12(18)19/h1-4,13H,5-8H2,(H,16,17)(H,18,19). The predicted molar refractivity (Wildman–Crippen MR) is 66.7 cm³/mol. The SMILES string of the molecule is O=C(O)CCC(=O)NCCc1ccc(OC(F)F)cc1. The van der Waals surface area contributed by atoms with E-state index in [2.05, 4.69) is 10.1 Å². The average molecular weight is 287 g/mol. The summed E-state index contributed by atoms with van der Waals surface area (Å²) < 4.78 is 28.1. The van der Waals surface area contributed by atoms with E-state index in [-0.39, 0.29) is 24.5 Å². The molecule has 0 radical (unpaired) electrons. The lowest BCUT2D eigenvalue weighted by atomic mass is 10.1. The monoisotopic (exact) mass is 287 g/mol. The number of carboxylic acids is 1. The number of rotatable bonds is 8. The number of carbonyl (C=O) groups excluding carboxylic acids is 1. The molecule has 0 spiro atoms. The fraction of sp³-hybridized carbons (Fsp3) is 0.385. The number of amides is 1. The van der Waals surface area contributed by atoms with E-state index in [4.69, 9.17) is 5.11 Å². The maximum absolute atomic E-state index is 11.9. The number of carboxylic acid groups (broad SMARTS) is 1. The number of carbonyl (C=O) groups is 2. The van der Waals surface area contributed by atoms with Gasteiger partial charge in [0, 0.05) is 13.0 Å². The van der Waals surface area contributed by atoms with Crippen LogP contribution < -0.4 is 10.1 Å². The van der Waals surface area contributed by atoms with Crippen LogP contribution in [-0.4, -0.2) is 30.1 Å². The Kier molecular flexibility index (Phi) is 6.42. The molecule has 0 unspecified atom stereocenters. The normalized spacial score (nSPS) is 10.3. The molecule has 0 aliphatic heterocycles. The highest BCUT2D eigenvalue weighted by atomic mass is 19.3. The molecular formula is C13H15F2NO4. The van der Waals surface area contributed by atoms with Gasteiger partial charge in [0.2, 0.25) is 5.91 Å². The molecule has 7 heteroatoms. The van der Waals surface area contributed by atoms with Gasteiger partial charge in [-0.2, -0.15) is 8.78 Å². The van der Waals surface area contributed by atoms with Gasteiger partial charge in [-0.3, -0.25) is 9.59 Å². The second-order valence-electron chi connectivity index (χ2n) is 4.02. The molecule has 1 aromatic rings. The van der Waals surface area contributed by atoms with Crippen LogP contribution in [0.2, 0.25) is 0 Å². The summed E-state index contributed by atoms with van der Waals surface area (Å²) in [6, 6.07) is 6.10. The molecule has 110 valence electrons. The smallest absolute Gasteiger partial charge is 0.387 e. The van der Waals surface area contributed by atoms with Crippen LogP contribution in [0.15, 0.2) is 24.3 Å². The summed E-state index contributed by atoms with van der Waals surface area (Å²) in [5, 5.41) is 11.0. The maximum Gasteiger partial charge on any atom is 0.387 e. The summed E-state index contributed by atoms with van der Waals surface area (Å²) in [4.78, 5) is 21.5. The first-order valence-electron chi connectivity index (χ1n) is 5.99. The molecule has 0 aliphatic rings. The Hall–Kier alpha value is -2.18. The second kappa shape index (κ2) is 8.08. The van der Waals surface area contributed by atoms with Gasteiger partial charge in [-0.15, -0.1) is 0 Å². The van der Waals surface area contributed by atoms with Crippen LogP contribution in [0.25, 0.3) is 0 Å². The van der Waals surface area contributed by atoms with Gasteiger partial charge in [-0.25, -0.2) is 0 Å². The quantitative estimate of drug-likeness (QED) is 0.764. The summed E-state index contributed by atoms with van der Waals surface area (Å²) in [5.41, 5.74) is 0.852. The van der Waals surface area contributed by atoms with Crippen LogP contribution >= 0.6 is 0 Å². The Bertz CT molecular complexity index is 448. The van der Waals surface area contributed by atoms with E-state index >= 15 is 0 Å². The molecule has 5 nitrogen and oxygen atoms in total. The third kappa shape index (κ3) is 6.67. The lowest BCUT2D eigenvalue weighted by Gasteiger charge is -2.07. The van der Waals surface area contributed by atoms with Gasteiger partial charge in [0.15, 0.2) is 0 Å². The van der Waals surface area contributed by atoms with Crippen molar-refractivity contribution in [2.24, 2.45) is 0 Å². The molecule has 20 heavy (non-hydrogen) atoms. The van der Waals surface area contributed by atoms with Gasteiger partial charge in [-0.05, 0) is 24.1 Å². The Balaban J connectivity index is 2.28. The van der Waals surface area contributed by atoms with Crippen molar-refractivity contribution in [1.29, 1.82) is 0 Å². The molecule has 0 aliphatic carbocycles. The molecule has 0 saturated heterocycles. The predicted octanol–water partition coefficient (Wildman–Crippen LogP) is 1.81. The molecule has 0 saturated carbocycles. The third-order valence-electron chi connectivity index (χ3n) is 2.45. The number of hydrogen-bond donors (Lipinski definition) is 2. The summed E-state index contributed by atoms with van der Waals surface area (Å²) in [6.07, 6.45) is 0.260. The summed E-state index contributed by atoms with van der Waals surface area (Å²) >= 11 is 0. The van der Waals surface area contributed by atoms with Crippen molar-refractivity contribution >= 4 is 11.9 Å². The van der Waals surface area contributed by atoms with E-state index in [0.717, 1.165) is 5.56 Å². The fourth-order valence-corrected chi connectivity index (χ4v) is 1.49. The van der Waals surface area contributed by atoms with Gasteiger partial charge < -0.3 is 15.2 Å². The van der Waals surface area contributed by atoms with Crippen LogP contribution in [0.3, 0.4) is 0 Å². The minimum Gasteiger partial charge on any atom is -0.481 e. The van der Waals surface area contributed by atoms with E-state index in [1.54, 1.807) is 12.1 Å². The number of ether oxygens (including phenoxy) is 1. The van der Waals surface area contributed by atoms with E-state index < -0.39 is 12.6 Å². The first kappa shape index (κ1) is 15.9. The van der Waals surface area contributed by atoms with Crippen molar-refractivity contribution in [3.05, 3.63) is 29.8 Å². The summed E-state index contributed by atoms with van der Waals surface area (Å²) in [7, 11) is 0. The molecule has 0 fully saturated rings. The highest BCUT2D eigenvalue weighted by molar-refractivity contribution is 5.80. The molecule has 0 atom stereocenters. The molecule has 2 N–H and O–H groups in total. The van der Waals surface area contributed by atoms with Gasteiger partial charge in [0.05, 0.1) is 6.42 Å². The first-order valence-corrected chi connectivity index (χ1v) is 5.99. The number of hydrogen-bond acceptors (Lipinski definition) is 3. The molecule has 1 aromatic carbocycles. The lowest BCUT2D eigenvalue weighted by molar-refractivity contribution is -0.138. The van der Waals surface area contributed by atoms with Gasteiger partial charge in [0.1, 0.15) is 5.75 Å². The van der Waals surface area contributed by atoms with Crippen LogP contribution in [0, 0.1) is 0 Å². The van der Waals surface area contributed by atoms with Crippen molar-refractivity contribution in [2.45, 2.75) is 25.9 Å². The molecule has 1 rings (SSSR count). The zero-order valence-electron chi connectivity index (χ0n) is 10.6. The van der Waals surface area contributed by atoms with Crippen molar-refractivity contribution < 1.29 is 28.2 Å². The molecule has 1 amide bonds. The van der Waals surface area contributed by atoms with Crippen LogP contribution in [-0.2, 0) is 16.0 Å². The molecule has 0 heterocycles. The van der Waals surface area contributed by atoms with Crippen molar-refractivity contribution in [2.75, 3.05) is 6.54 Å². The Morgan fingerprint density at radius 3 is 2.40 bits per heavy atom. The Labute approximate surface area is 114 Å².